The van der Waals surface area contributed by atoms with Crippen LogP contribution in [-0.2, 0) is 33.2 Å². The van der Waals surface area contributed by atoms with Crippen LogP contribution in [0.2, 0.25) is 0 Å². The van der Waals surface area contributed by atoms with Crippen molar-refractivity contribution < 1.29 is 31.5 Å². The van der Waals surface area contributed by atoms with E-state index < -0.39 is 16.2 Å². The molecule has 0 amide bonds. The first-order valence-electron chi connectivity index (χ1n) is 9.39. The molecule has 0 radical (unpaired) electrons. The van der Waals surface area contributed by atoms with E-state index in [2.05, 4.69) is 0 Å². The van der Waals surface area contributed by atoms with Gasteiger partial charge in [-0.1, -0.05) is 17.7 Å². The lowest BCUT2D eigenvalue weighted by Crippen LogP contribution is -2.28. The fraction of sp³-hybridized carbons (Fsp3) is 0.684. The first-order chi connectivity index (χ1) is 13.1. The monoisotopic (exact) mass is 402 g/mol. The van der Waals surface area contributed by atoms with Crippen LogP contribution in [0.3, 0.4) is 0 Å². The molecule has 1 heterocycles. The van der Waals surface area contributed by atoms with E-state index in [0.29, 0.717) is 39.6 Å². The van der Waals surface area contributed by atoms with E-state index in [1.165, 1.54) is 12.1 Å². The summed E-state index contributed by atoms with van der Waals surface area (Å²) >= 11 is 0. The summed E-state index contributed by atoms with van der Waals surface area (Å²) in [4.78, 5) is 0.136. The number of rotatable bonds is 4. The van der Waals surface area contributed by atoms with E-state index in [0.717, 1.165) is 24.8 Å². The van der Waals surface area contributed by atoms with Crippen LogP contribution in [0.5, 0.6) is 0 Å². The maximum Gasteiger partial charge on any atom is 0.297 e. The van der Waals surface area contributed by atoms with Crippen molar-refractivity contribution in [3.63, 3.8) is 0 Å². The topological polar surface area (TPSA) is 80.3 Å². The molecule has 0 saturated carbocycles. The Labute approximate surface area is 162 Å². The van der Waals surface area contributed by atoms with E-state index in [9.17, 15) is 8.42 Å². The van der Waals surface area contributed by atoms with Crippen molar-refractivity contribution >= 4 is 10.1 Å². The van der Waals surface area contributed by atoms with E-state index in [-0.39, 0.29) is 18.1 Å². The zero-order valence-corrected chi connectivity index (χ0v) is 16.7. The molecule has 0 aliphatic carbocycles. The molecule has 1 fully saturated rings. The molecule has 1 unspecified atom stereocenters. The first kappa shape index (κ1) is 22.3. The second kappa shape index (κ2) is 12.4. The molecule has 0 N–H and O–H groups in total. The van der Waals surface area contributed by atoms with Gasteiger partial charge < -0.3 is 18.9 Å². The summed E-state index contributed by atoms with van der Waals surface area (Å²) in [6.45, 7) is 5.63. The van der Waals surface area contributed by atoms with Crippen molar-refractivity contribution in [2.45, 2.75) is 37.2 Å². The Morgan fingerprint density at radius 1 is 0.889 bits per heavy atom. The Morgan fingerprint density at radius 3 is 2.07 bits per heavy atom. The minimum atomic E-state index is -3.82. The molecular formula is C19H30O7S. The summed E-state index contributed by atoms with van der Waals surface area (Å²) in [6.07, 6.45) is 1.91. The van der Waals surface area contributed by atoms with Gasteiger partial charge in [-0.15, -0.1) is 0 Å². The second-order valence-electron chi connectivity index (χ2n) is 6.40. The van der Waals surface area contributed by atoms with Crippen LogP contribution in [0.25, 0.3) is 0 Å². The minimum absolute atomic E-state index is 0.0897. The van der Waals surface area contributed by atoms with E-state index in [1.807, 2.05) is 6.92 Å². The third-order valence-electron chi connectivity index (χ3n) is 3.96. The molecule has 0 bridgehead atoms. The number of aryl methyl sites for hydroxylation is 1. The van der Waals surface area contributed by atoms with Gasteiger partial charge in [-0.2, -0.15) is 8.42 Å². The molecule has 2 rings (SSSR count). The molecule has 154 valence electrons. The molecule has 1 saturated heterocycles. The van der Waals surface area contributed by atoms with Crippen molar-refractivity contribution in [2.75, 3.05) is 52.9 Å². The molecule has 1 aromatic rings. The van der Waals surface area contributed by atoms with Crippen molar-refractivity contribution in [2.24, 2.45) is 0 Å². The molecular weight excluding hydrogens is 372 g/mol. The van der Waals surface area contributed by atoms with Crippen LogP contribution < -0.4 is 0 Å². The largest absolute Gasteiger partial charge is 0.381 e. The Kier molecular flexibility index (Phi) is 10.3. The predicted octanol–water partition coefficient (Wildman–Crippen LogP) is 2.32. The molecule has 1 atom stereocenters. The highest BCUT2D eigenvalue weighted by Crippen LogP contribution is 2.14. The standard InChI is InChI=1S/C19H30O7S/c1-17-5-7-19(8-6-17)27(20,21)26-16-18-15-24-13-3-11-22-9-2-10-23-12-4-14-25-18/h5-8,18H,2-4,9-16H2,1H3. The maximum absolute atomic E-state index is 12.3. The quantitative estimate of drug-likeness (QED) is 0.715. The number of hydrogen-bond acceptors (Lipinski definition) is 7. The van der Waals surface area contributed by atoms with Gasteiger partial charge in [0.2, 0.25) is 0 Å². The van der Waals surface area contributed by atoms with Gasteiger partial charge in [0.15, 0.2) is 0 Å². The van der Waals surface area contributed by atoms with Crippen LogP contribution in [0, 0.1) is 6.92 Å². The van der Waals surface area contributed by atoms with Crippen molar-refractivity contribution in [3.05, 3.63) is 29.8 Å². The van der Waals surface area contributed by atoms with Crippen molar-refractivity contribution in [1.82, 2.24) is 0 Å². The Balaban J connectivity index is 1.85. The number of benzene rings is 1. The van der Waals surface area contributed by atoms with Gasteiger partial charge >= 0.3 is 0 Å². The van der Waals surface area contributed by atoms with Crippen LogP contribution in [0.1, 0.15) is 24.8 Å². The molecule has 1 aliphatic rings. The van der Waals surface area contributed by atoms with Gasteiger partial charge in [-0.25, -0.2) is 0 Å². The first-order valence-corrected chi connectivity index (χ1v) is 10.8. The van der Waals surface area contributed by atoms with Gasteiger partial charge in [0, 0.05) is 39.6 Å². The number of ether oxygens (including phenoxy) is 4. The van der Waals surface area contributed by atoms with Gasteiger partial charge in [-0.05, 0) is 38.3 Å². The summed E-state index contributed by atoms with van der Waals surface area (Å²) in [7, 11) is -3.82. The van der Waals surface area contributed by atoms with Crippen LogP contribution in [0.4, 0.5) is 0 Å². The smallest absolute Gasteiger partial charge is 0.297 e. The highest BCUT2D eigenvalue weighted by Gasteiger charge is 2.19. The zero-order chi connectivity index (χ0) is 19.4. The van der Waals surface area contributed by atoms with Gasteiger partial charge in [-0.3, -0.25) is 4.18 Å². The highest BCUT2D eigenvalue weighted by atomic mass is 32.2. The fourth-order valence-electron chi connectivity index (χ4n) is 2.44. The summed E-state index contributed by atoms with van der Waals surface area (Å²) in [5.41, 5.74) is 0.985. The molecule has 7 nitrogen and oxygen atoms in total. The minimum Gasteiger partial charge on any atom is -0.381 e. The lowest BCUT2D eigenvalue weighted by atomic mass is 10.2. The van der Waals surface area contributed by atoms with Crippen molar-refractivity contribution in [1.29, 1.82) is 0 Å². The summed E-state index contributed by atoms with van der Waals surface area (Å²) in [5, 5.41) is 0. The van der Waals surface area contributed by atoms with E-state index >= 15 is 0 Å². The molecule has 8 heteroatoms. The molecule has 0 aromatic heterocycles. The lowest BCUT2D eigenvalue weighted by molar-refractivity contribution is -0.0426. The van der Waals surface area contributed by atoms with Crippen molar-refractivity contribution in [3.8, 4) is 0 Å². The van der Waals surface area contributed by atoms with Gasteiger partial charge in [0.25, 0.3) is 10.1 Å². The third-order valence-corrected chi connectivity index (χ3v) is 5.26. The summed E-state index contributed by atoms with van der Waals surface area (Å²) in [6, 6.07) is 6.55. The Bertz CT molecular complexity index is 599. The lowest BCUT2D eigenvalue weighted by Gasteiger charge is -2.18. The predicted molar refractivity (Wildman–Crippen MR) is 100 cm³/mol. The highest BCUT2D eigenvalue weighted by molar-refractivity contribution is 7.86. The molecule has 1 aromatic carbocycles. The normalized spacial score (nSPS) is 21.9. The average Bonchev–Trinajstić information content (AvgIpc) is 2.66. The summed E-state index contributed by atoms with van der Waals surface area (Å²) < 4.78 is 52.2. The van der Waals surface area contributed by atoms with Crippen LogP contribution >= 0.6 is 0 Å². The Hall–Kier alpha value is -1.03. The second-order valence-corrected chi connectivity index (χ2v) is 8.02. The SMILES string of the molecule is Cc1ccc(S(=O)(=O)OCC2COCCCOCCCOCCCO2)cc1. The molecule has 1 aliphatic heterocycles. The van der Waals surface area contributed by atoms with E-state index in [1.54, 1.807) is 12.1 Å². The average molecular weight is 403 g/mol. The van der Waals surface area contributed by atoms with Crippen LogP contribution in [-0.4, -0.2) is 67.4 Å². The van der Waals surface area contributed by atoms with Crippen LogP contribution in [0.15, 0.2) is 29.2 Å². The maximum atomic E-state index is 12.3. The summed E-state index contributed by atoms with van der Waals surface area (Å²) in [5.74, 6) is 0. The van der Waals surface area contributed by atoms with Gasteiger partial charge in [0.05, 0.1) is 18.1 Å². The zero-order valence-electron chi connectivity index (χ0n) is 15.9. The van der Waals surface area contributed by atoms with Gasteiger partial charge in [0.1, 0.15) is 6.10 Å². The fourth-order valence-corrected chi connectivity index (χ4v) is 3.38. The Morgan fingerprint density at radius 2 is 1.44 bits per heavy atom. The molecule has 27 heavy (non-hydrogen) atoms. The number of hydrogen-bond donors (Lipinski definition) is 0. The third kappa shape index (κ3) is 9.14. The van der Waals surface area contributed by atoms with E-state index in [4.69, 9.17) is 23.1 Å². The molecule has 0 spiro atoms.